The molecular weight excluding hydrogens is 437 g/mol. The Hall–Kier alpha value is -2.77. The van der Waals surface area contributed by atoms with E-state index in [0.29, 0.717) is 42.4 Å². The van der Waals surface area contributed by atoms with Crippen molar-refractivity contribution in [2.75, 3.05) is 37.4 Å². The SMILES string of the molecule is CS(=O)(=O)NC[C@@H]1CN(c2cc(-c3cnc4ccc(C(F)(F)F)nn34)ccn2)CCO1. The number of pyridine rings is 1. The van der Waals surface area contributed by atoms with E-state index < -0.39 is 21.9 Å². The number of morpholine rings is 1. The number of nitrogens with one attached hydrogen (secondary N) is 1. The van der Waals surface area contributed by atoms with Gasteiger partial charge in [-0.3, -0.25) is 0 Å². The lowest BCUT2D eigenvalue weighted by atomic mass is 10.2. The lowest BCUT2D eigenvalue weighted by Crippen LogP contribution is -2.47. The van der Waals surface area contributed by atoms with Crippen LogP contribution in [0.15, 0.2) is 36.7 Å². The maximum Gasteiger partial charge on any atom is 0.435 e. The summed E-state index contributed by atoms with van der Waals surface area (Å²) >= 11 is 0. The van der Waals surface area contributed by atoms with Gasteiger partial charge < -0.3 is 9.64 Å². The van der Waals surface area contributed by atoms with Crippen LogP contribution >= 0.6 is 0 Å². The van der Waals surface area contributed by atoms with Crippen molar-refractivity contribution in [1.82, 2.24) is 24.3 Å². The molecule has 1 N–H and O–H groups in total. The monoisotopic (exact) mass is 456 g/mol. The average molecular weight is 456 g/mol. The largest absolute Gasteiger partial charge is 0.435 e. The van der Waals surface area contributed by atoms with Crippen molar-refractivity contribution < 1.29 is 26.3 Å². The number of ether oxygens (including phenoxy) is 1. The van der Waals surface area contributed by atoms with E-state index in [0.717, 1.165) is 16.8 Å². The number of aromatic nitrogens is 4. The van der Waals surface area contributed by atoms with Crippen molar-refractivity contribution in [2.24, 2.45) is 0 Å². The lowest BCUT2D eigenvalue weighted by molar-refractivity contribution is -0.141. The highest BCUT2D eigenvalue weighted by molar-refractivity contribution is 7.88. The van der Waals surface area contributed by atoms with E-state index in [2.05, 4.69) is 19.8 Å². The molecule has 166 valence electrons. The number of anilines is 1. The summed E-state index contributed by atoms with van der Waals surface area (Å²) in [6, 6.07) is 5.56. The van der Waals surface area contributed by atoms with Crippen LogP contribution in [0.25, 0.3) is 16.9 Å². The van der Waals surface area contributed by atoms with Crippen LogP contribution in [-0.4, -0.2) is 66.6 Å². The van der Waals surface area contributed by atoms with Crippen LogP contribution in [0.5, 0.6) is 0 Å². The molecule has 9 nitrogen and oxygen atoms in total. The van der Waals surface area contributed by atoms with Gasteiger partial charge in [-0.15, -0.1) is 0 Å². The number of imidazole rings is 1. The van der Waals surface area contributed by atoms with E-state index in [1.807, 2.05) is 4.90 Å². The van der Waals surface area contributed by atoms with Gasteiger partial charge in [0.05, 0.1) is 30.9 Å². The number of hydrogen-bond donors (Lipinski definition) is 1. The average Bonchev–Trinajstić information content (AvgIpc) is 3.15. The van der Waals surface area contributed by atoms with Gasteiger partial charge in [-0.05, 0) is 24.3 Å². The molecule has 3 aromatic rings. The fourth-order valence-corrected chi connectivity index (χ4v) is 3.76. The Morgan fingerprint density at radius 3 is 2.81 bits per heavy atom. The number of rotatable bonds is 5. The Kier molecular flexibility index (Phi) is 5.58. The number of fused-ring (bicyclic) bond motifs is 1. The first-order valence-corrected chi connectivity index (χ1v) is 11.2. The van der Waals surface area contributed by atoms with Crippen LogP contribution in [-0.2, 0) is 20.9 Å². The zero-order valence-electron chi connectivity index (χ0n) is 16.4. The van der Waals surface area contributed by atoms with Crippen LogP contribution in [0.1, 0.15) is 5.69 Å². The predicted molar refractivity (Wildman–Crippen MR) is 106 cm³/mol. The first-order chi connectivity index (χ1) is 14.6. The van der Waals surface area contributed by atoms with Crippen molar-refractivity contribution in [3.05, 3.63) is 42.4 Å². The van der Waals surface area contributed by atoms with Gasteiger partial charge >= 0.3 is 6.18 Å². The van der Waals surface area contributed by atoms with Gasteiger partial charge in [0.2, 0.25) is 10.0 Å². The number of sulfonamides is 1. The summed E-state index contributed by atoms with van der Waals surface area (Å²) in [6.45, 7) is 1.46. The molecular formula is C18H19F3N6O3S. The summed E-state index contributed by atoms with van der Waals surface area (Å²) in [4.78, 5) is 10.4. The third-order valence-corrected chi connectivity index (χ3v) is 5.42. The molecule has 1 fully saturated rings. The minimum atomic E-state index is -4.57. The summed E-state index contributed by atoms with van der Waals surface area (Å²) < 4.78 is 71.0. The van der Waals surface area contributed by atoms with Gasteiger partial charge in [0.1, 0.15) is 5.82 Å². The van der Waals surface area contributed by atoms with E-state index in [4.69, 9.17) is 4.74 Å². The Morgan fingerprint density at radius 2 is 2.06 bits per heavy atom. The molecule has 0 aromatic carbocycles. The summed E-state index contributed by atoms with van der Waals surface area (Å²) in [5.74, 6) is 0.590. The van der Waals surface area contributed by atoms with Crippen LogP contribution in [0.3, 0.4) is 0 Å². The van der Waals surface area contributed by atoms with Crippen molar-refractivity contribution in [2.45, 2.75) is 12.3 Å². The lowest BCUT2D eigenvalue weighted by Gasteiger charge is -2.33. The standard InChI is InChI=1S/C18H19F3N6O3S/c1-31(28,29)24-9-13-11-26(6-7-30-13)17-8-12(4-5-22-17)14-10-23-16-3-2-15(18(19,20)21)25-27(14)16/h2-5,8,10,13,24H,6-7,9,11H2,1H3/t13-/m1/s1. The molecule has 0 aliphatic carbocycles. The number of nitrogens with zero attached hydrogens (tertiary/aromatic N) is 5. The minimum absolute atomic E-state index is 0.131. The zero-order chi connectivity index (χ0) is 22.2. The highest BCUT2D eigenvalue weighted by Crippen LogP contribution is 2.29. The van der Waals surface area contributed by atoms with Crippen LogP contribution < -0.4 is 9.62 Å². The molecule has 1 atom stereocenters. The van der Waals surface area contributed by atoms with Crippen molar-refractivity contribution in [3.63, 3.8) is 0 Å². The summed E-state index contributed by atoms with van der Waals surface area (Å²) in [5.41, 5.74) is 0.275. The number of hydrogen-bond acceptors (Lipinski definition) is 7. The van der Waals surface area contributed by atoms with E-state index in [1.54, 1.807) is 18.3 Å². The quantitative estimate of drug-likeness (QED) is 0.622. The smallest absolute Gasteiger partial charge is 0.373 e. The van der Waals surface area contributed by atoms with Gasteiger partial charge in [0.25, 0.3) is 0 Å². The third kappa shape index (κ3) is 4.94. The maximum atomic E-state index is 13.1. The van der Waals surface area contributed by atoms with Crippen molar-refractivity contribution in [3.8, 4) is 11.3 Å². The normalized spacial score (nSPS) is 17.9. The molecule has 0 amide bonds. The second-order valence-electron chi connectivity index (χ2n) is 7.09. The summed E-state index contributed by atoms with van der Waals surface area (Å²) in [6.07, 6.45) is -0.841. The van der Waals surface area contributed by atoms with Gasteiger partial charge in [-0.25, -0.2) is 27.6 Å². The van der Waals surface area contributed by atoms with Gasteiger partial charge in [0, 0.05) is 31.4 Å². The molecule has 31 heavy (non-hydrogen) atoms. The molecule has 0 unspecified atom stereocenters. The Labute approximate surface area is 175 Å². The van der Waals surface area contributed by atoms with Gasteiger partial charge in [0.15, 0.2) is 11.3 Å². The van der Waals surface area contributed by atoms with E-state index in [1.165, 1.54) is 12.3 Å². The first kappa shape index (κ1) is 21.5. The summed E-state index contributed by atoms with van der Waals surface area (Å²) in [5, 5.41) is 3.69. The van der Waals surface area contributed by atoms with Gasteiger partial charge in [-0.2, -0.15) is 18.3 Å². The maximum absolute atomic E-state index is 13.1. The Morgan fingerprint density at radius 1 is 1.26 bits per heavy atom. The molecule has 1 aliphatic rings. The molecule has 3 aromatic heterocycles. The van der Waals surface area contributed by atoms with Gasteiger partial charge in [-0.1, -0.05) is 0 Å². The first-order valence-electron chi connectivity index (χ1n) is 9.30. The molecule has 0 saturated carbocycles. The topological polar surface area (TPSA) is 102 Å². The molecule has 0 radical (unpaired) electrons. The summed E-state index contributed by atoms with van der Waals surface area (Å²) in [7, 11) is -3.34. The minimum Gasteiger partial charge on any atom is -0.373 e. The highest BCUT2D eigenvalue weighted by Gasteiger charge is 2.33. The molecule has 0 bridgehead atoms. The van der Waals surface area contributed by atoms with E-state index in [9.17, 15) is 21.6 Å². The predicted octanol–water partition coefficient (Wildman–Crippen LogP) is 1.56. The highest BCUT2D eigenvalue weighted by atomic mass is 32.2. The van der Waals surface area contributed by atoms with E-state index in [-0.39, 0.29) is 12.6 Å². The molecule has 4 heterocycles. The van der Waals surface area contributed by atoms with Crippen LogP contribution in [0, 0.1) is 0 Å². The molecule has 4 rings (SSSR count). The number of halogens is 3. The fraction of sp³-hybridized carbons (Fsp3) is 0.389. The van der Waals surface area contributed by atoms with Crippen LogP contribution in [0.2, 0.25) is 0 Å². The van der Waals surface area contributed by atoms with Crippen molar-refractivity contribution in [1.29, 1.82) is 0 Å². The Balaban J connectivity index is 1.60. The second kappa shape index (κ2) is 8.05. The van der Waals surface area contributed by atoms with Crippen LogP contribution in [0.4, 0.5) is 19.0 Å². The number of alkyl halides is 3. The Bertz CT molecular complexity index is 1200. The molecule has 1 aliphatic heterocycles. The van der Waals surface area contributed by atoms with Crippen molar-refractivity contribution >= 4 is 21.5 Å². The fourth-order valence-electron chi connectivity index (χ4n) is 3.27. The molecule has 0 spiro atoms. The van der Waals surface area contributed by atoms with E-state index >= 15 is 0 Å². The molecule has 13 heteroatoms. The second-order valence-corrected chi connectivity index (χ2v) is 8.92. The third-order valence-electron chi connectivity index (χ3n) is 4.73. The zero-order valence-corrected chi connectivity index (χ0v) is 17.2. The molecule has 1 saturated heterocycles.